The highest BCUT2D eigenvalue weighted by Crippen LogP contribution is 2.66. The van der Waals surface area contributed by atoms with Crippen LogP contribution < -0.4 is 14.4 Å². The van der Waals surface area contributed by atoms with Crippen LogP contribution in [0, 0.1) is 5.92 Å². The number of rotatable bonds is 6. The lowest BCUT2D eigenvalue weighted by Gasteiger charge is -2.47. The van der Waals surface area contributed by atoms with Crippen LogP contribution in [0.3, 0.4) is 0 Å². The molecule has 6 aliphatic rings. The van der Waals surface area contributed by atoms with Crippen molar-refractivity contribution in [2.24, 2.45) is 5.92 Å². The minimum absolute atomic E-state index is 0.00342. The van der Waals surface area contributed by atoms with Gasteiger partial charge in [0.15, 0.2) is 0 Å². The average molecular weight is 1070 g/mol. The van der Waals surface area contributed by atoms with Gasteiger partial charge in [0, 0.05) is 39.7 Å². The van der Waals surface area contributed by atoms with Gasteiger partial charge in [-0.05, 0) is 150 Å². The van der Waals surface area contributed by atoms with E-state index < -0.39 is 16.2 Å². The molecule has 0 radical (unpaired) electrons. The third kappa shape index (κ3) is 6.15. The van der Waals surface area contributed by atoms with Crippen LogP contribution in [0.25, 0.3) is 44.5 Å². The Labute approximate surface area is 489 Å². The number of hydrogen-bond acceptors (Lipinski definition) is 3. The van der Waals surface area contributed by atoms with Gasteiger partial charge in [-0.25, -0.2) is 0 Å². The van der Waals surface area contributed by atoms with Crippen molar-refractivity contribution in [2.45, 2.75) is 22.3 Å². The number of benzene rings is 12. The molecule has 0 aromatic heterocycles. The summed E-state index contributed by atoms with van der Waals surface area (Å²) in [5.41, 5.74) is 24.9. The molecule has 3 nitrogen and oxygen atoms in total. The van der Waals surface area contributed by atoms with E-state index in [-0.39, 0.29) is 12.0 Å². The highest BCUT2D eigenvalue weighted by Gasteiger charge is 2.57. The second kappa shape index (κ2) is 17.8. The fraction of sp³-hybridized carbons (Fsp3) is 0.0617. The lowest BCUT2D eigenvalue weighted by molar-refractivity contribution is 0.141. The van der Waals surface area contributed by atoms with Crippen molar-refractivity contribution in [3.8, 4) is 61.8 Å². The zero-order valence-corrected chi connectivity index (χ0v) is 45.9. The summed E-state index contributed by atoms with van der Waals surface area (Å²) in [4.78, 5) is 2.54. The fourth-order valence-corrected chi connectivity index (χ4v) is 16.4. The Morgan fingerprint density at radius 2 is 0.774 bits per heavy atom. The number of hydrogen-bond donors (Lipinski definition) is 0. The van der Waals surface area contributed by atoms with Crippen LogP contribution in [0.5, 0.6) is 17.2 Å². The Kier molecular flexibility index (Phi) is 9.98. The summed E-state index contributed by atoms with van der Waals surface area (Å²) in [5, 5.41) is 0. The third-order valence-electron chi connectivity index (χ3n) is 19.5. The summed E-state index contributed by atoms with van der Waals surface area (Å²) in [5.74, 6) is 2.71. The average Bonchev–Trinajstić information content (AvgIpc) is 2.02. The van der Waals surface area contributed by atoms with Gasteiger partial charge in [0.05, 0.1) is 16.2 Å². The van der Waals surface area contributed by atoms with E-state index in [1.54, 1.807) is 0 Å². The van der Waals surface area contributed by atoms with E-state index in [0.29, 0.717) is 0 Å². The lowest BCUT2D eigenvalue weighted by atomic mass is 9.60. The Bertz CT molecular complexity index is 4700. The summed E-state index contributed by atoms with van der Waals surface area (Å²) in [6, 6.07) is 106. The second-order valence-corrected chi connectivity index (χ2v) is 23.2. The summed E-state index contributed by atoms with van der Waals surface area (Å²) in [7, 11) is 0. The Morgan fingerprint density at radius 3 is 1.46 bits per heavy atom. The fourth-order valence-electron chi connectivity index (χ4n) is 16.4. The number of anilines is 3. The molecule has 394 valence electrons. The van der Waals surface area contributed by atoms with Crippen molar-refractivity contribution in [2.75, 3.05) is 4.90 Å². The van der Waals surface area contributed by atoms with E-state index in [0.717, 1.165) is 51.0 Å². The van der Waals surface area contributed by atoms with Gasteiger partial charge in [-0.15, -0.1) is 0 Å². The van der Waals surface area contributed by atoms with Gasteiger partial charge in [-0.3, -0.25) is 0 Å². The third-order valence-corrected chi connectivity index (χ3v) is 19.5. The molecule has 0 bridgehead atoms. The van der Waals surface area contributed by atoms with E-state index >= 15 is 0 Å². The SMILES string of the molecule is C1=CC2Oc3ccccc3C3(c4ccccc4-c4ccc(N(c5cccc(-c6cccc7c6-c6ccccc6C76c7ccccc7Oc7ccccc76)c5)c5ccc6c(c5)C(c5ccccc5)(c5ccccc5)c5ccccc5-6)cc43)C2C=C1. The quantitative estimate of drug-likeness (QED) is 0.166. The molecule has 0 saturated carbocycles. The van der Waals surface area contributed by atoms with Crippen molar-refractivity contribution in [3.05, 3.63) is 371 Å². The van der Waals surface area contributed by atoms with Gasteiger partial charge in [0.25, 0.3) is 0 Å². The molecule has 4 aliphatic carbocycles. The number of nitrogens with zero attached hydrogens (tertiary/aromatic N) is 1. The number of para-hydroxylation sites is 3. The molecule has 84 heavy (non-hydrogen) atoms. The maximum Gasteiger partial charge on any atom is 0.132 e. The molecule has 0 amide bonds. The van der Waals surface area contributed by atoms with Gasteiger partial charge >= 0.3 is 0 Å². The number of fused-ring (bicyclic) bond motifs is 21. The van der Waals surface area contributed by atoms with Gasteiger partial charge in [0.1, 0.15) is 23.4 Å². The molecule has 0 fully saturated rings. The largest absolute Gasteiger partial charge is 0.485 e. The standard InChI is InChI=1S/C81H53NO2/c1-3-24-53(25-4-1)79(54-26-5-2-6-27-54)64-33-10-7-29-59(64)61-47-45-56(50-72(61)79)82(57-46-48-62-60-30-8-11-34-65(60)81(73(62)51-57)69-38-15-19-43-76(69)84-77-44-20-16-39-70(77)81)55-28-21-23-52(49-55)58-32-22-40-71-78(58)63-31-9-12-35-66(63)80(71)67-36-13-17-41-74(67)83-75-42-18-14-37-68(75)80/h1-51,69,76H. The summed E-state index contributed by atoms with van der Waals surface area (Å²) < 4.78 is 13.7. The van der Waals surface area contributed by atoms with Crippen molar-refractivity contribution in [3.63, 3.8) is 0 Å². The van der Waals surface area contributed by atoms with Crippen LogP contribution in [0.2, 0.25) is 0 Å². The predicted octanol–water partition coefficient (Wildman–Crippen LogP) is 19.5. The molecule has 12 aromatic rings. The van der Waals surface area contributed by atoms with Crippen LogP contribution >= 0.6 is 0 Å². The van der Waals surface area contributed by atoms with Crippen LogP contribution in [0.15, 0.2) is 309 Å². The van der Waals surface area contributed by atoms with Crippen molar-refractivity contribution >= 4 is 17.1 Å². The summed E-state index contributed by atoms with van der Waals surface area (Å²) >= 11 is 0. The molecule has 3 unspecified atom stereocenters. The van der Waals surface area contributed by atoms with Crippen molar-refractivity contribution in [1.82, 2.24) is 0 Å². The molecule has 12 aromatic carbocycles. The first-order valence-corrected chi connectivity index (χ1v) is 29.4. The first-order valence-electron chi connectivity index (χ1n) is 29.4. The normalized spacial score (nSPS) is 18.3. The molecular weight excluding hydrogens is 1020 g/mol. The van der Waals surface area contributed by atoms with Crippen molar-refractivity contribution in [1.29, 1.82) is 0 Å². The Balaban J connectivity index is 0.898. The number of allylic oxidation sites excluding steroid dienone is 2. The topological polar surface area (TPSA) is 21.7 Å². The lowest BCUT2D eigenvalue weighted by Crippen LogP contribution is -2.47. The monoisotopic (exact) mass is 1070 g/mol. The Hall–Kier alpha value is -10.5. The van der Waals surface area contributed by atoms with Gasteiger partial charge in [-0.2, -0.15) is 0 Å². The van der Waals surface area contributed by atoms with E-state index in [2.05, 4.69) is 314 Å². The molecule has 2 spiro atoms. The zero-order chi connectivity index (χ0) is 55.1. The molecule has 0 saturated heterocycles. The van der Waals surface area contributed by atoms with E-state index in [1.165, 1.54) is 89.0 Å². The van der Waals surface area contributed by atoms with Crippen LogP contribution in [0.1, 0.15) is 61.2 Å². The molecule has 18 rings (SSSR count). The van der Waals surface area contributed by atoms with Gasteiger partial charge in [0.2, 0.25) is 0 Å². The predicted molar refractivity (Wildman–Crippen MR) is 339 cm³/mol. The van der Waals surface area contributed by atoms with Crippen LogP contribution in [-0.4, -0.2) is 6.10 Å². The molecule has 2 heterocycles. The maximum absolute atomic E-state index is 6.96. The minimum Gasteiger partial charge on any atom is -0.485 e. The molecular formula is C81H53NO2. The molecule has 0 N–H and O–H groups in total. The maximum atomic E-state index is 6.96. The minimum atomic E-state index is -0.599. The second-order valence-electron chi connectivity index (χ2n) is 23.2. The number of ether oxygens (including phenoxy) is 2. The van der Waals surface area contributed by atoms with Crippen LogP contribution in [-0.2, 0) is 16.2 Å². The van der Waals surface area contributed by atoms with E-state index in [4.69, 9.17) is 9.47 Å². The molecule has 3 atom stereocenters. The molecule has 3 heteroatoms. The van der Waals surface area contributed by atoms with Gasteiger partial charge < -0.3 is 14.4 Å². The van der Waals surface area contributed by atoms with E-state index in [9.17, 15) is 0 Å². The first-order chi connectivity index (χ1) is 41.7. The highest BCUT2D eigenvalue weighted by atomic mass is 16.5. The zero-order valence-electron chi connectivity index (χ0n) is 45.9. The smallest absolute Gasteiger partial charge is 0.132 e. The molecule has 2 aliphatic heterocycles. The van der Waals surface area contributed by atoms with Crippen LogP contribution in [0.4, 0.5) is 17.1 Å². The van der Waals surface area contributed by atoms with Crippen molar-refractivity contribution < 1.29 is 9.47 Å². The van der Waals surface area contributed by atoms with Gasteiger partial charge in [-0.1, -0.05) is 249 Å². The first kappa shape index (κ1) is 47.2. The summed E-state index contributed by atoms with van der Waals surface area (Å²) in [6.07, 6.45) is 8.86. The summed E-state index contributed by atoms with van der Waals surface area (Å²) in [6.45, 7) is 0. The Morgan fingerprint density at radius 1 is 0.298 bits per heavy atom. The highest BCUT2D eigenvalue weighted by molar-refractivity contribution is 5.98. The van der Waals surface area contributed by atoms with E-state index in [1.807, 2.05) is 0 Å².